The fourth-order valence-corrected chi connectivity index (χ4v) is 4.67. The normalized spacial score (nSPS) is 20.1. The number of rotatable bonds is 4. The molecule has 0 saturated carbocycles. The van der Waals surface area contributed by atoms with Gasteiger partial charge >= 0.3 is 5.97 Å². The zero-order valence-electron chi connectivity index (χ0n) is 13.6. The summed E-state index contributed by atoms with van der Waals surface area (Å²) in [5.74, 6) is -1.59. The number of nitrogens with two attached hydrogens (primary N) is 1. The number of nitrogens with zero attached hydrogens (tertiary/aromatic N) is 1. The van der Waals surface area contributed by atoms with Gasteiger partial charge in [0.15, 0.2) is 0 Å². The van der Waals surface area contributed by atoms with Gasteiger partial charge in [-0.1, -0.05) is 6.42 Å². The summed E-state index contributed by atoms with van der Waals surface area (Å²) in [6.07, 6.45) is 2.28. The second-order valence-corrected chi connectivity index (χ2v) is 7.60. The average Bonchev–Trinajstić information content (AvgIpc) is 2.53. The van der Waals surface area contributed by atoms with Crippen LogP contribution in [-0.4, -0.2) is 44.4 Å². The molecule has 1 aliphatic rings. The summed E-state index contributed by atoms with van der Waals surface area (Å²) >= 11 is 0. The molecule has 1 aromatic carbocycles. The zero-order chi connectivity index (χ0) is 17.2. The minimum atomic E-state index is -3.94. The molecule has 1 fully saturated rings. The van der Waals surface area contributed by atoms with Gasteiger partial charge in [-0.05, 0) is 38.0 Å². The molecule has 2 N–H and O–H groups in total. The molecule has 0 bridgehead atoms. The van der Waals surface area contributed by atoms with Crippen molar-refractivity contribution in [3.8, 4) is 0 Å². The van der Waals surface area contributed by atoms with Crippen LogP contribution in [0.5, 0.6) is 0 Å². The molecular weight excluding hydrogens is 359 g/mol. The number of sulfonamides is 1. The molecule has 1 heterocycles. The van der Waals surface area contributed by atoms with Gasteiger partial charge in [0.25, 0.3) is 0 Å². The highest BCUT2D eigenvalue weighted by Gasteiger charge is 2.35. The Morgan fingerprint density at radius 1 is 1.38 bits per heavy atom. The van der Waals surface area contributed by atoms with Crippen LogP contribution in [0.4, 0.5) is 4.39 Å². The van der Waals surface area contributed by atoms with Crippen LogP contribution in [0.1, 0.15) is 36.5 Å². The number of hydrogen-bond donors (Lipinski definition) is 1. The summed E-state index contributed by atoms with van der Waals surface area (Å²) in [6.45, 7) is 2.09. The number of ether oxygens (including phenoxy) is 1. The number of esters is 1. The van der Waals surface area contributed by atoms with Crippen molar-refractivity contribution in [1.82, 2.24) is 4.31 Å². The maximum absolute atomic E-state index is 13.8. The van der Waals surface area contributed by atoms with Crippen LogP contribution in [0.3, 0.4) is 0 Å². The highest BCUT2D eigenvalue weighted by Crippen LogP contribution is 2.27. The molecule has 1 saturated heterocycles. The van der Waals surface area contributed by atoms with Crippen LogP contribution in [0.15, 0.2) is 23.1 Å². The van der Waals surface area contributed by atoms with Crippen LogP contribution in [0.25, 0.3) is 0 Å². The topological polar surface area (TPSA) is 89.7 Å². The lowest BCUT2D eigenvalue weighted by molar-refractivity contribution is 0.0600. The Morgan fingerprint density at radius 3 is 2.62 bits per heavy atom. The van der Waals surface area contributed by atoms with Crippen molar-refractivity contribution in [2.24, 2.45) is 5.73 Å². The third-order valence-corrected chi connectivity index (χ3v) is 5.91. The zero-order valence-corrected chi connectivity index (χ0v) is 15.2. The van der Waals surface area contributed by atoms with E-state index in [0.29, 0.717) is 13.0 Å². The first-order chi connectivity index (χ1) is 10.8. The van der Waals surface area contributed by atoms with Crippen molar-refractivity contribution < 1.29 is 22.3 Å². The molecule has 2 rings (SSSR count). The van der Waals surface area contributed by atoms with E-state index in [1.807, 2.05) is 0 Å². The van der Waals surface area contributed by atoms with Gasteiger partial charge in [0.2, 0.25) is 10.0 Å². The Bertz CT molecular complexity index is 697. The minimum Gasteiger partial charge on any atom is -0.465 e. The summed E-state index contributed by atoms with van der Waals surface area (Å²) < 4.78 is 45.3. The fourth-order valence-electron chi connectivity index (χ4n) is 2.84. The highest BCUT2D eigenvalue weighted by atomic mass is 35.5. The summed E-state index contributed by atoms with van der Waals surface area (Å²) in [6, 6.07) is 2.33. The molecule has 2 unspecified atom stereocenters. The number of carbonyl (C=O) groups is 1. The Hall–Kier alpha value is -1.22. The van der Waals surface area contributed by atoms with Gasteiger partial charge in [0.05, 0.1) is 17.6 Å². The molecule has 0 amide bonds. The van der Waals surface area contributed by atoms with Crippen LogP contribution >= 0.6 is 12.4 Å². The lowest BCUT2D eigenvalue weighted by atomic mass is 10.00. The summed E-state index contributed by atoms with van der Waals surface area (Å²) in [5.41, 5.74) is 5.77. The largest absolute Gasteiger partial charge is 0.465 e. The first-order valence-electron chi connectivity index (χ1n) is 7.43. The van der Waals surface area contributed by atoms with Crippen molar-refractivity contribution in [2.75, 3.05) is 13.7 Å². The lowest BCUT2D eigenvalue weighted by Crippen LogP contribution is -2.51. The van der Waals surface area contributed by atoms with Crippen LogP contribution in [0, 0.1) is 5.82 Å². The number of methoxy groups -OCH3 is 1. The maximum atomic E-state index is 13.8. The quantitative estimate of drug-likeness (QED) is 0.806. The van der Waals surface area contributed by atoms with Gasteiger partial charge in [0, 0.05) is 18.6 Å². The number of halogens is 2. The van der Waals surface area contributed by atoms with Gasteiger partial charge < -0.3 is 10.5 Å². The Kier molecular flexibility index (Phi) is 7.15. The summed E-state index contributed by atoms with van der Waals surface area (Å²) in [4.78, 5) is 11.3. The van der Waals surface area contributed by atoms with Gasteiger partial charge in [-0.2, -0.15) is 4.31 Å². The number of piperidine rings is 1. The SMILES string of the molecule is COC(=O)c1cc(F)cc(S(=O)(=O)N2CCCCC2C(C)N)c1.Cl. The van der Waals surface area contributed by atoms with Crippen molar-refractivity contribution in [2.45, 2.75) is 43.2 Å². The third kappa shape index (κ3) is 4.24. The monoisotopic (exact) mass is 380 g/mol. The molecule has 9 heteroatoms. The van der Waals surface area contributed by atoms with E-state index < -0.39 is 21.8 Å². The van der Waals surface area contributed by atoms with Gasteiger partial charge in [0.1, 0.15) is 5.82 Å². The first-order valence-corrected chi connectivity index (χ1v) is 8.87. The number of hydrogen-bond acceptors (Lipinski definition) is 5. The van der Waals surface area contributed by atoms with E-state index in [-0.39, 0.29) is 34.9 Å². The molecule has 1 aromatic rings. The highest BCUT2D eigenvalue weighted by molar-refractivity contribution is 7.89. The molecule has 1 aliphatic heterocycles. The fraction of sp³-hybridized carbons (Fsp3) is 0.533. The Morgan fingerprint density at radius 2 is 2.04 bits per heavy atom. The molecule has 0 spiro atoms. The van der Waals surface area contributed by atoms with E-state index in [4.69, 9.17) is 5.73 Å². The van der Waals surface area contributed by atoms with E-state index >= 15 is 0 Å². The molecule has 136 valence electrons. The molecule has 0 aliphatic carbocycles. The molecule has 24 heavy (non-hydrogen) atoms. The minimum absolute atomic E-state index is 0. The van der Waals surface area contributed by atoms with E-state index in [1.54, 1.807) is 6.92 Å². The lowest BCUT2D eigenvalue weighted by Gasteiger charge is -2.36. The van der Waals surface area contributed by atoms with Crippen LogP contribution < -0.4 is 5.73 Å². The van der Waals surface area contributed by atoms with E-state index in [0.717, 1.165) is 38.2 Å². The van der Waals surface area contributed by atoms with Gasteiger partial charge in [-0.15, -0.1) is 12.4 Å². The van der Waals surface area contributed by atoms with E-state index in [2.05, 4.69) is 4.74 Å². The van der Waals surface area contributed by atoms with Crippen molar-refractivity contribution in [3.63, 3.8) is 0 Å². The van der Waals surface area contributed by atoms with Crippen molar-refractivity contribution in [3.05, 3.63) is 29.6 Å². The second-order valence-electron chi connectivity index (χ2n) is 5.71. The van der Waals surface area contributed by atoms with E-state index in [9.17, 15) is 17.6 Å². The predicted octanol–water partition coefficient (Wildman–Crippen LogP) is 1.92. The molecule has 0 radical (unpaired) electrons. The van der Waals surface area contributed by atoms with E-state index in [1.165, 1.54) is 4.31 Å². The average molecular weight is 381 g/mol. The number of benzene rings is 1. The molecule has 2 atom stereocenters. The van der Waals surface area contributed by atoms with Crippen molar-refractivity contribution >= 4 is 28.4 Å². The molecule has 6 nitrogen and oxygen atoms in total. The predicted molar refractivity (Wildman–Crippen MR) is 90.2 cm³/mol. The first kappa shape index (κ1) is 20.8. The maximum Gasteiger partial charge on any atom is 0.337 e. The molecular formula is C15H22ClFN2O4S. The smallest absolute Gasteiger partial charge is 0.337 e. The van der Waals surface area contributed by atoms with Gasteiger partial charge in [-0.3, -0.25) is 0 Å². The van der Waals surface area contributed by atoms with Crippen molar-refractivity contribution in [1.29, 1.82) is 0 Å². The third-order valence-electron chi connectivity index (χ3n) is 4.00. The summed E-state index contributed by atoms with van der Waals surface area (Å²) in [7, 11) is -2.79. The second kappa shape index (κ2) is 8.24. The molecule has 0 aromatic heterocycles. The Labute approximate surface area is 147 Å². The van der Waals surface area contributed by atoms with Crippen LogP contribution in [0.2, 0.25) is 0 Å². The Balaban J connectivity index is 0.00000288. The summed E-state index contributed by atoms with van der Waals surface area (Å²) in [5, 5.41) is 0. The van der Waals surface area contributed by atoms with Crippen LogP contribution in [-0.2, 0) is 14.8 Å². The van der Waals surface area contributed by atoms with Gasteiger partial charge in [-0.25, -0.2) is 17.6 Å². The number of carbonyl (C=O) groups excluding carboxylic acids is 1. The standard InChI is InChI=1S/C15H21FN2O4S.ClH/c1-10(17)14-5-3-4-6-18(14)23(20,21)13-8-11(15(19)22-2)7-12(16)9-13;/h7-10,14H,3-6,17H2,1-2H3;1H.